The number of hydrogen-bond acceptors (Lipinski definition) is 4. The first-order valence-electron chi connectivity index (χ1n) is 8.24. The molecule has 2 N–H and O–H groups in total. The third kappa shape index (κ3) is 7.60. The third-order valence-electron chi connectivity index (χ3n) is 3.36. The van der Waals surface area contributed by atoms with Crippen LogP contribution in [0.15, 0.2) is 35.5 Å². The Morgan fingerprint density at radius 3 is 2.68 bits per heavy atom. The lowest BCUT2D eigenvalue weighted by Crippen LogP contribution is -2.41. The third-order valence-corrected chi connectivity index (χ3v) is 4.26. The summed E-state index contributed by atoms with van der Waals surface area (Å²) >= 11 is 1.68. The number of halogens is 1. The van der Waals surface area contributed by atoms with Crippen LogP contribution in [0, 0.1) is 13.8 Å². The molecule has 1 unspecified atom stereocenters. The van der Waals surface area contributed by atoms with Gasteiger partial charge in [-0.25, -0.2) is 9.98 Å². The molecule has 2 rings (SSSR count). The van der Waals surface area contributed by atoms with E-state index in [2.05, 4.69) is 47.4 Å². The van der Waals surface area contributed by atoms with Crippen molar-refractivity contribution in [2.24, 2.45) is 4.99 Å². The second-order valence-corrected chi connectivity index (χ2v) is 6.95. The Kier molecular flexibility index (Phi) is 9.81. The topological polar surface area (TPSA) is 58.5 Å². The van der Waals surface area contributed by atoms with Gasteiger partial charge in [-0.05, 0) is 39.3 Å². The highest BCUT2D eigenvalue weighted by atomic mass is 127. The molecule has 5 nitrogen and oxygen atoms in total. The fourth-order valence-electron chi connectivity index (χ4n) is 2.15. The molecule has 0 saturated carbocycles. The lowest BCUT2D eigenvalue weighted by atomic mass is 10.2. The molecule has 138 valence electrons. The SMILES string of the molecule is CCNC(=NCc1ncc(C)s1)NCC(C)Oc1ccccc1C.I. The minimum atomic E-state index is 0. The molecule has 25 heavy (non-hydrogen) atoms. The molecule has 2 aromatic rings. The van der Waals surface area contributed by atoms with Gasteiger partial charge in [0, 0.05) is 17.6 Å². The summed E-state index contributed by atoms with van der Waals surface area (Å²) in [6.07, 6.45) is 1.92. The molecule has 0 bridgehead atoms. The maximum atomic E-state index is 5.98. The van der Waals surface area contributed by atoms with Gasteiger partial charge in [-0.15, -0.1) is 35.3 Å². The summed E-state index contributed by atoms with van der Waals surface area (Å²) < 4.78 is 5.98. The van der Waals surface area contributed by atoms with Gasteiger partial charge in [0.1, 0.15) is 16.9 Å². The Morgan fingerprint density at radius 1 is 1.28 bits per heavy atom. The minimum absolute atomic E-state index is 0. The van der Waals surface area contributed by atoms with E-state index in [1.54, 1.807) is 11.3 Å². The van der Waals surface area contributed by atoms with Crippen molar-refractivity contribution in [2.75, 3.05) is 13.1 Å². The number of guanidine groups is 1. The van der Waals surface area contributed by atoms with Gasteiger partial charge in [-0.3, -0.25) is 0 Å². The van der Waals surface area contributed by atoms with Gasteiger partial charge >= 0.3 is 0 Å². The second kappa shape index (κ2) is 11.3. The highest BCUT2D eigenvalue weighted by Gasteiger charge is 2.07. The van der Waals surface area contributed by atoms with Crippen molar-refractivity contribution < 1.29 is 4.74 Å². The standard InChI is InChI=1S/C18H26N4OS.HI/c1-5-19-18(22-12-17-20-11-15(4)24-17)21-10-14(3)23-16-9-7-6-8-13(16)2;/h6-9,11,14H,5,10,12H2,1-4H3,(H2,19,21,22);1H. The van der Waals surface area contributed by atoms with Gasteiger partial charge in [-0.2, -0.15) is 0 Å². The number of benzene rings is 1. The van der Waals surface area contributed by atoms with E-state index in [0.717, 1.165) is 28.8 Å². The molecule has 0 fully saturated rings. The van der Waals surface area contributed by atoms with Gasteiger partial charge in [0.15, 0.2) is 5.96 Å². The second-order valence-electron chi connectivity index (χ2n) is 5.63. The first kappa shape index (κ1) is 21.7. The van der Waals surface area contributed by atoms with E-state index in [1.165, 1.54) is 4.88 Å². The molecule has 0 aliphatic carbocycles. The molecule has 1 heterocycles. The van der Waals surface area contributed by atoms with Gasteiger partial charge in [-0.1, -0.05) is 18.2 Å². The highest BCUT2D eigenvalue weighted by molar-refractivity contribution is 14.0. The Labute approximate surface area is 171 Å². The summed E-state index contributed by atoms with van der Waals surface area (Å²) in [5, 5.41) is 7.60. The molecule has 0 aliphatic heterocycles. The summed E-state index contributed by atoms with van der Waals surface area (Å²) in [5.74, 6) is 1.71. The van der Waals surface area contributed by atoms with Crippen LogP contribution >= 0.6 is 35.3 Å². The Balaban J connectivity index is 0.00000312. The van der Waals surface area contributed by atoms with E-state index in [9.17, 15) is 0 Å². The summed E-state index contributed by atoms with van der Waals surface area (Å²) in [7, 11) is 0. The molecule has 0 spiro atoms. The van der Waals surface area contributed by atoms with Gasteiger partial charge in [0.2, 0.25) is 0 Å². The number of aryl methyl sites for hydroxylation is 2. The molecule has 1 aromatic carbocycles. The number of rotatable bonds is 7. The number of hydrogen-bond donors (Lipinski definition) is 2. The lowest BCUT2D eigenvalue weighted by Gasteiger charge is -2.18. The number of nitrogens with zero attached hydrogens (tertiary/aromatic N) is 2. The van der Waals surface area contributed by atoms with Crippen molar-refractivity contribution in [3.63, 3.8) is 0 Å². The lowest BCUT2D eigenvalue weighted by molar-refractivity contribution is 0.222. The molecule has 7 heteroatoms. The van der Waals surface area contributed by atoms with E-state index < -0.39 is 0 Å². The van der Waals surface area contributed by atoms with E-state index in [1.807, 2.05) is 31.3 Å². The maximum Gasteiger partial charge on any atom is 0.191 e. The Morgan fingerprint density at radius 2 is 2.04 bits per heavy atom. The van der Waals surface area contributed by atoms with Gasteiger partial charge in [0.05, 0.1) is 13.1 Å². The van der Waals surface area contributed by atoms with E-state index in [4.69, 9.17) is 4.74 Å². The molecular weight excluding hydrogens is 447 g/mol. The number of para-hydroxylation sites is 1. The van der Waals surface area contributed by atoms with Crippen molar-refractivity contribution in [3.05, 3.63) is 45.9 Å². The van der Waals surface area contributed by atoms with Gasteiger partial charge < -0.3 is 15.4 Å². The first-order valence-corrected chi connectivity index (χ1v) is 9.06. The monoisotopic (exact) mass is 474 g/mol. The zero-order valence-electron chi connectivity index (χ0n) is 15.2. The average Bonchev–Trinajstić information content (AvgIpc) is 2.98. The normalized spacial score (nSPS) is 12.2. The van der Waals surface area contributed by atoms with Crippen LogP contribution in [0.5, 0.6) is 5.75 Å². The first-order chi connectivity index (χ1) is 11.6. The highest BCUT2D eigenvalue weighted by Crippen LogP contribution is 2.17. The van der Waals surface area contributed by atoms with Crippen LogP contribution in [0.1, 0.15) is 29.3 Å². The van der Waals surface area contributed by atoms with E-state index >= 15 is 0 Å². The van der Waals surface area contributed by atoms with E-state index in [-0.39, 0.29) is 30.1 Å². The Bertz CT molecular complexity index is 675. The molecule has 0 radical (unpaired) electrons. The zero-order chi connectivity index (χ0) is 17.4. The van der Waals surface area contributed by atoms with Crippen LogP contribution in [-0.2, 0) is 6.54 Å². The molecular formula is C18H27IN4OS. The van der Waals surface area contributed by atoms with Crippen molar-refractivity contribution in [2.45, 2.75) is 40.3 Å². The molecule has 1 atom stereocenters. The van der Waals surface area contributed by atoms with Crippen molar-refractivity contribution in [1.82, 2.24) is 15.6 Å². The summed E-state index contributed by atoms with van der Waals surface area (Å²) in [6.45, 7) is 10.3. The van der Waals surface area contributed by atoms with Crippen LogP contribution in [0.4, 0.5) is 0 Å². The van der Waals surface area contributed by atoms with Crippen molar-refractivity contribution >= 4 is 41.3 Å². The summed E-state index contributed by atoms with van der Waals surface area (Å²) in [6, 6.07) is 8.05. The average molecular weight is 474 g/mol. The fraction of sp³-hybridized carbons (Fsp3) is 0.444. The zero-order valence-corrected chi connectivity index (χ0v) is 18.4. The Hall–Kier alpha value is -1.35. The summed E-state index contributed by atoms with van der Waals surface area (Å²) in [4.78, 5) is 10.1. The molecule has 1 aromatic heterocycles. The largest absolute Gasteiger partial charge is 0.489 e. The van der Waals surface area contributed by atoms with E-state index in [0.29, 0.717) is 13.1 Å². The fourth-order valence-corrected chi connectivity index (χ4v) is 2.86. The summed E-state index contributed by atoms with van der Waals surface area (Å²) in [5.41, 5.74) is 1.14. The number of aliphatic imine (C=N–C) groups is 1. The van der Waals surface area contributed by atoms with Crippen molar-refractivity contribution in [1.29, 1.82) is 0 Å². The number of aromatic nitrogens is 1. The quantitative estimate of drug-likeness (QED) is 0.363. The van der Waals surface area contributed by atoms with Gasteiger partial charge in [0.25, 0.3) is 0 Å². The van der Waals surface area contributed by atoms with Crippen LogP contribution < -0.4 is 15.4 Å². The van der Waals surface area contributed by atoms with Crippen LogP contribution in [0.2, 0.25) is 0 Å². The number of thiazole rings is 1. The molecule has 0 saturated heterocycles. The number of ether oxygens (including phenoxy) is 1. The van der Waals surface area contributed by atoms with Crippen LogP contribution in [0.25, 0.3) is 0 Å². The predicted octanol–water partition coefficient (Wildman–Crippen LogP) is 3.90. The van der Waals surface area contributed by atoms with Crippen LogP contribution in [0.3, 0.4) is 0 Å². The van der Waals surface area contributed by atoms with Crippen molar-refractivity contribution in [3.8, 4) is 5.75 Å². The maximum absolute atomic E-state index is 5.98. The predicted molar refractivity (Wildman–Crippen MR) is 116 cm³/mol. The minimum Gasteiger partial charge on any atom is -0.489 e. The molecule has 0 aliphatic rings. The number of nitrogens with one attached hydrogen (secondary N) is 2. The smallest absolute Gasteiger partial charge is 0.191 e. The van der Waals surface area contributed by atoms with Crippen LogP contribution in [-0.4, -0.2) is 30.1 Å². The molecule has 0 amide bonds.